The van der Waals surface area contributed by atoms with E-state index in [1.54, 1.807) is 6.07 Å². The van der Waals surface area contributed by atoms with E-state index in [9.17, 15) is 5.11 Å². The molecule has 0 fully saturated rings. The largest absolute Gasteiger partial charge is 0.508 e. The average molecular weight is 193 g/mol. The SMILES string of the molecule is CC(NC(C)(C)C)c1ccccc1O. The van der Waals surface area contributed by atoms with Crippen molar-refractivity contribution in [3.8, 4) is 5.75 Å². The average Bonchev–Trinajstić information content (AvgIpc) is 2.01. The van der Waals surface area contributed by atoms with Crippen molar-refractivity contribution in [2.24, 2.45) is 0 Å². The van der Waals surface area contributed by atoms with Crippen LogP contribution in [0, 0.1) is 0 Å². The van der Waals surface area contributed by atoms with Crippen LogP contribution in [0.3, 0.4) is 0 Å². The summed E-state index contributed by atoms with van der Waals surface area (Å²) in [7, 11) is 0. The van der Waals surface area contributed by atoms with Crippen LogP contribution in [0.5, 0.6) is 5.75 Å². The van der Waals surface area contributed by atoms with Crippen LogP contribution in [0.25, 0.3) is 0 Å². The smallest absolute Gasteiger partial charge is 0.120 e. The van der Waals surface area contributed by atoms with Crippen molar-refractivity contribution in [2.75, 3.05) is 0 Å². The zero-order chi connectivity index (χ0) is 10.8. The van der Waals surface area contributed by atoms with Gasteiger partial charge >= 0.3 is 0 Å². The third kappa shape index (κ3) is 3.04. The minimum absolute atomic E-state index is 0.0572. The molecule has 0 bridgehead atoms. The molecular weight excluding hydrogens is 174 g/mol. The highest BCUT2D eigenvalue weighted by molar-refractivity contribution is 5.34. The van der Waals surface area contributed by atoms with Crippen LogP contribution in [0.4, 0.5) is 0 Å². The molecular formula is C12H19NO. The number of phenolic OH excluding ortho intramolecular Hbond substituents is 1. The predicted molar refractivity (Wildman–Crippen MR) is 59.4 cm³/mol. The van der Waals surface area contributed by atoms with Crippen LogP contribution in [0.2, 0.25) is 0 Å². The standard InChI is InChI=1S/C12H19NO/c1-9(13-12(2,3)4)10-7-5-6-8-11(10)14/h5-9,13-14H,1-4H3. The predicted octanol–water partition coefficient (Wildman–Crippen LogP) is 2.84. The molecule has 1 rings (SSSR count). The first-order valence-corrected chi connectivity index (χ1v) is 4.96. The van der Waals surface area contributed by atoms with Crippen LogP contribution < -0.4 is 5.32 Å². The highest BCUT2D eigenvalue weighted by atomic mass is 16.3. The number of aromatic hydroxyl groups is 1. The topological polar surface area (TPSA) is 32.3 Å². The van der Waals surface area contributed by atoms with Gasteiger partial charge in [0.2, 0.25) is 0 Å². The summed E-state index contributed by atoms with van der Waals surface area (Å²) >= 11 is 0. The van der Waals surface area contributed by atoms with Gasteiger partial charge in [0.25, 0.3) is 0 Å². The molecule has 0 saturated carbocycles. The van der Waals surface area contributed by atoms with Crippen LogP contribution in [-0.4, -0.2) is 10.6 Å². The lowest BCUT2D eigenvalue weighted by Gasteiger charge is -2.26. The highest BCUT2D eigenvalue weighted by Crippen LogP contribution is 2.24. The summed E-state index contributed by atoms with van der Waals surface area (Å²) in [4.78, 5) is 0. The number of hydrogen-bond donors (Lipinski definition) is 2. The second-order valence-electron chi connectivity index (χ2n) is 4.67. The van der Waals surface area contributed by atoms with Gasteiger partial charge in [0, 0.05) is 17.1 Å². The zero-order valence-electron chi connectivity index (χ0n) is 9.33. The fourth-order valence-corrected chi connectivity index (χ4v) is 1.58. The Kier molecular flexibility index (Phi) is 3.17. The molecule has 0 aliphatic carbocycles. The van der Waals surface area contributed by atoms with Gasteiger partial charge in [0.1, 0.15) is 5.75 Å². The molecule has 1 atom stereocenters. The van der Waals surface area contributed by atoms with E-state index >= 15 is 0 Å². The van der Waals surface area contributed by atoms with Gasteiger partial charge in [-0.15, -0.1) is 0 Å². The van der Waals surface area contributed by atoms with Crippen LogP contribution in [0.1, 0.15) is 39.3 Å². The second kappa shape index (κ2) is 4.01. The fraction of sp³-hybridized carbons (Fsp3) is 0.500. The summed E-state index contributed by atoms with van der Waals surface area (Å²) in [5.41, 5.74) is 1.00. The number of phenols is 1. The summed E-state index contributed by atoms with van der Waals surface area (Å²) in [5.74, 6) is 0.358. The van der Waals surface area contributed by atoms with Gasteiger partial charge in [-0.3, -0.25) is 0 Å². The Bertz CT molecular complexity index is 301. The van der Waals surface area contributed by atoms with Crippen molar-refractivity contribution < 1.29 is 5.11 Å². The van der Waals surface area contributed by atoms with E-state index in [1.165, 1.54) is 0 Å². The molecule has 0 aromatic heterocycles. The Hall–Kier alpha value is -1.02. The van der Waals surface area contributed by atoms with E-state index in [0.29, 0.717) is 5.75 Å². The van der Waals surface area contributed by atoms with Gasteiger partial charge in [-0.1, -0.05) is 18.2 Å². The maximum Gasteiger partial charge on any atom is 0.120 e. The first kappa shape index (κ1) is 11.1. The molecule has 0 amide bonds. The Morgan fingerprint density at radius 3 is 2.29 bits per heavy atom. The third-order valence-corrected chi connectivity index (χ3v) is 2.05. The van der Waals surface area contributed by atoms with Crippen molar-refractivity contribution in [3.63, 3.8) is 0 Å². The molecule has 2 heteroatoms. The third-order valence-electron chi connectivity index (χ3n) is 2.05. The molecule has 0 saturated heterocycles. The quantitative estimate of drug-likeness (QED) is 0.757. The van der Waals surface area contributed by atoms with E-state index in [0.717, 1.165) is 5.56 Å². The minimum Gasteiger partial charge on any atom is -0.508 e. The summed E-state index contributed by atoms with van der Waals surface area (Å²) in [6.45, 7) is 8.40. The Balaban J connectivity index is 2.80. The molecule has 1 aromatic carbocycles. The van der Waals surface area contributed by atoms with Gasteiger partial charge in [-0.2, -0.15) is 0 Å². The lowest BCUT2D eigenvalue weighted by molar-refractivity contribution is 0.368. The summed E-state index contributed by atoms with van der Waals surface area (Å²) in [6.07, 6.45) is 0. The van der Waals surface area contributed by atoms with Crippen LogP contribution in [0.15, 0.2) is 24.3 Å². The molecule has 0 radical (unpaired) electrons. The second-order valence-corrected chi connectivity index (χ2v) is 4.67. The number of hydrogen-bond acceptors (Lipinski definition) is 2. The van der Waals surface area contributed by atoms with Crippen molar-refractivity contribution in [3.05, 3.63) is 29.8 Å². The molecule has 0 heterocycles. The van der Waals surface area contributed by atoms with E-state index < -0.39 is 0 Å². The molecule has 0 spiro atoms. The molecule has 14 heavy (non-hydrogen) atoms. The molecule has 78 valence electrons. The van der Waals surface area contributed by atoms with Gasteiger partial charge in [-0.25, -0.2) is 0 Å². The molecule has 1 aromatic rings. The summed E-state index contributed by atoms with van der Waals surface area (Å²) in [5, 5.41) is 13.1. The minimum atomic E-state index is 0.0572. The Morgan fingerprint density at radius 2 is 1.79 bits per heavy atom. The maximum atomic E-state index is 9.64. The van der Waals surface area contributed by atoms with Crippen LogP contribution in [-0.2, 0) is 0 Å². The molecule has 2 nitrogen and oxygen atoms in total. The lowest BCUT2D eigenvalue weighted by Crippen LogP contribution is -2.37. The van der Waals surface area contributed by atoms with Crippen molar-refractivity contribution in [2.45, 2.75) is 39.3 Å². The van der Waals surface area contributed by atoms with E-state index in [-0.39, 0.29) is 11.6 Å². The molecule has 0 aliphatic rings. The Morgan fingerprint density at radius 1 is 1.21 bits per heavy atom. The Labute approximate surface area is 86.0 Å². The lowest BCUT2D eigenvalue weighted by atomic mass is 10.0. The van der Waals surface area contributed by atoms with E-state index in [2.05, 4.69) is 33.0 Å². The number of rotatable bonds is 2. The first-order chi connectivity index (χ1) is 6.40. The maximum absolute atomic E-state index is 9.64. The summed E-state index contributed by atoms with van der Waals surface area (Å²) in [6, 6.07) is 7.60. The molecule has 0 aliphatic heterocycles. The monoisotopic (exact) mass is 193 g/mol. The van der Waals surface area contributed by atoms with Crippen molar-refractivity contribution in [1.29, 1.82) is 0 Å². The van der Waals surface area contributed by atoms with Crippen molar-refractivity contribution in [1.82, 2.24) is 5.32 Å². The number of para-hydroxylation sites is 1. The number of benzene rings is 1. The molecule has 2 N–H and O–H groups in total. The van der Waals surface area contributed by atoms with Gasteiger partial charge in [-0.05, 0) is 33.8 Å². The van der Waals surface area contributed by atoms with E-state index in [4.69, 9.17) is 0 Å². The van der Waals surface area contributed by atoms with E-state index in [1.807, 2.05) is 18.2 Å². The fourth-order valence-electron chi connectivity index (χ4n) is 1.58. The highest BCUT2D eigenvalue weighted by Gasteiger charge is 2.16. The van der Waals surface area contributed by atoms with Gasteiger partial charge in [0.15, 0.2) is 0 Å². The van der Waals surface area contributed by atoms with Gasteiger partial charge < -0.3 is 10.4 Å². The van der Waals surface area contributed by atoms with Crippen LogP contribution >= 0.6 is 0 Å². The first-order valence-electron chi connectivity index (χ1n) is 4.96. The normalized spacial score (nSPS) is 14.0. The number of nitrogens with one attached hydrogen (secondary N) is 1. The molecule has 1 unspecified atom stereocenters. The van der Waals surface area contributed by atoms with Gasteiger partial charge in [0.05, 0.1) is 0 Å². The zero-order valence-corrected chi connectivity index (χ0v) is 9.33. The summed E-state index contributed by atoms with van der Waals surface area (Å²) < 4.78 is 0. The van der Waals surface area contributed by atoms with Crippen molar-refractivity contribution >= 4 is 0 Å².